The van der Waals surface area contributed by atoms with Crippen molar-refractivity contribution < 1.29 is 4.79 Å². The molecule has 0 aromatic rings. The zero-order valence-electron chi connectivity index (χ0n) is 7.09. The largest absolute Gasteiger partial charge is 0.394 e. The van der Waals surface area contributed by atoms with E-state index in [0.717, 1.165) is 0 Å². The number of hydrogen-bond acceptors (Lipinski definition) is 1. The summed E-state index contributed by atoms with van der Waals surface area (Å²) < 4.78 is 0. The minimum absolute atomic E-state index is 0.00463. The summed E-state index contributed by atoms with van der Waals surface area (Å²) in [4.78, 5) is 12.4. The van der Waals surface area contributed by atoms with E-state index in [1.165, 1.54) is 4.81 Å². The fourth-order valence-electron chi connectivity index (χ4n) is 0.553. The van der Waals surface area contributed by atoms with E-state index in [-0.39, 0.29) is 17.9 Å². The molecule has 0 saturated heterocycles. The summed E-state index contributed by atoms with van der Waals surface area (Å²) in [5.74, 6) is -0.0117. The summed E-state index contributed by atoms with van der Waals surface area (Å²) in [5.41, 5.74) is 0. The number of hydrogen-bond donors (Lipinski definition) is 0. The van der Waals surface area contributed by atoms with E-state index in [4.69, 9.17) is 7.98 Å². The highest BCUT2D eigenvalue weighted by atomic mass is 16.2. The summed E-state index contributed by atoms with van der Waals surface area (Å²) in [6.45, 7) is 7.45. The third-order valence-electron chi connectivity index (χ3n) is 1.30. The van der Waals surface area contributed by atoms with Crippen molar-refractivity contribution in [2.75, 3.05) is 0 Å². The van der Waals surface area contributed by atoms with Gasteiger partial charge in [0, 0.05) is 12.0 Å². The van der Waals surface area contributed by atoms with Gasteiger partial charge in [-0.25, -0.2) is 0 Å². The minimum atomic E-state index is -0.00704. The molecule has 0 spiro atoms. The number of nitrogens with zero attached hydrogens (tertiary/aromatic N) is 1. The molecule has 0 aliphatic rings. The predicted molar refractivity (Wildman–Crippen MR) is 42.6 cm³/mol. The van der Waals surface area contributed by atoms with Gasteiger partial charge in [0.05, 0.1) is 0 Å². The van der Waals surface area contributed by atoms with Gasteiger partial charge < -0.3 is 4.81 Å². The van der Waals surface area contributed by atoms with Crippen LogP contribution < -0.4 is 0 Å². The van der Waals surface area contributed by atoms with E-state index in [1.807, 2.05) is 27.7 Å². The molecule has 0 aliphatic carbocycles. The van der Waals surface area contributed by atoms with Gasteiger partial charge in [-0.1, -0.05) is 13.8 Å². The van der Waals surface area contributed by atoms with Crippen LogP contribution in [0.3, 0.4) is 0 Å². The van der Waals surface area contributed by atoms with E-state index in [1.54, 1.807) is 0 Å². The molecule has 0 fully saturated rings. The Balaban J connectivity index is 3.95. The highest BCUT2D eigenvalue weighted by Crippen LogP contribution is 2.01. The molecule has 0 aliphatic heterocycles. The van der Waals surface area contributed by atoms with Gasteiger partial charge >= 0.3 is 0 Å². The third-order valence-corrected chi connectivity index (χ3v) is 1.30. The predicted octanol–water partition coefficient (Wildman–Crippen LogP) is 0.963. The van der Waals surface area contributed by atoms with Crippen molar-refractivity contribution in [3.8, 4) is 0 Å². The molecule has 0 aromatic heterocycles. The van der Waals surface area contributed by atoms with Gasteiger partial charge in [0.25, 0.3) is 0 Å². The first-order valence-electron chi connectivity index (χ1n) is 3.54. The second-order valence-corrected chi connectivity index (χ2v) is 2.99. The Morgan fingerprint density at radius 3 is 1.80 bits per heavy atom. The fourth-order valence-corrected chi connectivity index (χ4v) is 0.553. The minimum Gasteiger partial charge on any atom is -0.394 e. The molecule has 0 saturated carbocycles. The van der Waals surface area contributed by atoms with Crippen molar-refractivity contribution in [3.63, 3.8) is 0 Å². The van der Waals surface area contributed by atoms with Crippen molar-refractivity contribution in [2.24, 2.45) is 5.92 Å². The Hall–Kier alpha value is -0.465. The van der Waals surface area contributed by atoms with E-state index in [9.17, 15) is 4.79 Å². The Morgan fingerprint density at radius 2 is 1.70 bits per heavy atom. The molecule has 0 atom stereocenters. The van der Waals surface area contributed by atoms with Crippen LogP contribution in [-0.4, -0.2) is 24.7 Å². The maximum atomic E-state index is 11.1. The zero-order chi connectivity index (χ0) is 8.31. The average molecular weight is 139 g/mol. The highest BCUT2D eigenvalue weighted by molar-refractivity contribution is 6.14. The molecule has 0 heterocycles. The molecule has 1 amide bonds. The summed E-state index contributed by atoms with van der Waals surface area (Å²) in [6.07, 6.45) is 0. The molecule has 0 bridgehead atoms. The second kappa shape index (κ2) is 3.64. The summed E-state index contributed by atoms with van der Waals surface area (Å²) in [5, 5.41) is 0. The van der Waals surface area contributed by atoms with Gasteiger partial charge in [-0.2, -0.15) is 0 Å². The first kappa shape index (κ1) is 9.53. The third kappa shape index (κ3) is 2.42. The Labute approximate surface area is 64.0 Å². The van der Waals surface area contributed by atoms with Gasteiger partial charge in [-0.15, -0.1) is 0 Å². The van der Waals surface area contributed by atoms with Crippen LogP contribution in [0.25, 0.3) is 0 Å². The van der Waals surface area contributed by atoms with Crippen LogP contribution in [0.2, 0.25) is 0 Å². The highest BCUT2D eigenvalue weighted by Gasteiger charge is 2.13. The smallest absolute Gasteiger partial charge is 0.230 e. The van der Waals surface area contributed by atoms with Gasteiger partial charge in [-0.3, -0.25) is 4.79 Å². The molecule has 2 radical (unpaired) electrons. The molecular weight excluding hydrogens is 125 g/mol. The van der Waals surface area contributed by atoms with Crippen molar-refractivity contribution >= 4 is 13.9 Å². The molecule has 0 rings (SSSR count). The number of carbonyl (C=O) groups excluding carboxylic acids is 1. The summed E-state index contributed by atoms with van der Waals surface area (Å²) in [7, 11) is 5.44. The summed E-state index contributed by atoms with van der Waals surface area (Å²) >= 11 is 0. The topological polar surface area (TPSA) is 20.3 Å². The maximum absolute atomic E-state index is 11.1. The first-order valence-corrected chi connectivity index (χ1v) is 3.54. The molecule has 0 aromatic carbocycles. The van der Waals surface area contributed by atoms with Crippen LogP contribution in [0.5, 0.6) is 0 Å². The number of rotatable bonds is 2. The van der Waals surface area contributed by atoms with E-state index in [2.05, 4.69) is 0 Å². The Morgan fingerprint density at radius 1 is 1.30 bits per heavy atom. The Bertz CT molecular complexity index is 123. The zero-order valence-corrected chi connectivity index (χ0v) is 7.09. The van der Waals surface area contributed by atoms with Crippen LogP contribution in [0.1, 0.15) is 27.7 Å². The number of carbonyl (C=O) groups is 1. The lowest BCUT2D eigenvalue weighted by Crippen LogP contribution is -2.37. The molecular formula is C7H14BNO. The molecule has 0 unspecified atom stereocenters. The van der Waals surface area contributed by atoms with Gasteiger partial charge in [0.2, 0.25) is 13.9 Å². The molecule has 2 nitrogen and oxygen atoms in total. The fraction of sp³-hybridized carbons (Fsp3) is 0.857. The van der Waals surface area contributed by atoms with Crippen molar-refractivity contribution in [2.45, 2.75) is 33.7 Å². The first-order chi connectivity index (χ1) is 4.46. The molecule has 3 heteroatoms. The van der Waals surface area contributed by atoms with Crippen LogP contribution in [0, 0.1) is 5.92 Å². The lowest BCUT2D eigenvalue weighted by Gasteiger charge is -2.24. The van der Waals surface area contributed by atoms with Crippen molar-refractivity contribution in [3.05, 3.63) is 0 Å². The quantitative estimate of drug-likeness (QED) is 0.522. The van der Waals surface area contributed by atoms with Crippen LogP contribution >= 0.6 is 0 Å². The van der Waals surface area contributed by atoms with E-state index < -0.39 is 0 Å². The van der Waals surface area contributed by atoms with Gasteiger partial charge in [0.1, 0.15) is 0 Å². The van der Waals surface area contributed by atoms with Crippen molar-refractivity contribution in [1.82, 2.24) is 4.81 Å². The summed E-state index contributed by atoms with van der Waals surface area (Å²) in [6, 6.07) is 0.0925. The number of amides is 1. The Kier molecular flexibility index (Phi) is 3.47. The molecule has 10 heavy (non-hydrogen) atoms. The normalized spacial score (nSPS) is 10.6. The molecule has 56 valence electrons. The average Bonchev–Trinajstić information content (AvgIpc) is 1.84. The van der Waals surface area contributed by atoms with E-state index >= 15 is 0 Å². The maximum Gasteiger partial charge on any atom is 0.230 e. The van der Waals surface area contributed by atoms with E-state index in [0.29, 0.717) is 0 Å². The lowest BCUT2D eigenvalue weighted by molar-refractivity contribution is -0.130. The van der Waals surface area contributed by atoms with Crippen molar-refractivity contribution in [1.29, 1.82) is 0 Å². The lowest BCUT2D eigenvalue weighted by atomic mass is 10.1. The van der Waals surface area contributed by atoms with Gasteiger partial charge in [-0.05, 0) is 13.8 Å². The SMILES string of the molecule is [B]N(C(=O)C(C)C)C(C)C. The van der Waals surface area contributed by atoms with Crippen LogP contribution in [0.4, 0.5) is 0 Å². The van der Waals surface area contributed by atoms with Crippen LogP contribution in [-0.2, 0) is 4.79 Å². The molecule has 0 N–H and O–H groups in total. The second-order valence-electron chi connectivity index (χ2n) is 2.99. The standard InChI is InChI=1S/C7H14BNO/c1-5(2)7(10)9(8)6(3)4/h5-6H,1-4H3. The monoisotopic (exact) mass is 139 g/mol. The van der Waals surface area contributed by atoms with Gasteiger partial charge in [0.15, 0.2) is 0 Å². The van der Waals surface area contributed by atoms with Crippen LogP contribution in [0.15, 0.2) is 0 Å².